The molecule has 0 atom stereocenters. The van der Waals surface area contributed by atoms with Gasteiger partial charge in [-0.2, -0.15) is 0 Å². The maximum Gasteiger partial charge on any atom is 0.0776 e. The van der Waals surface area contributed by atoms with Gasteiger partial charge in [0.25, 0.3) is 0 Å². The quantitative estimate of drug-likeness (QED) is 0.666. The summed E-state index contributed by atoms with van der Waals surface area (Å²) in [4.78, 5) is 3.12. The summed E-state index contributed by atoms with van der Waals surface area (Å²) in [5.74, 6) is 0. The molecule has 0 radical (unpaired) electrons. The summed E-state index contributed by atoms with van der Waals surface area (Å²) in [6.07, 6.45) is 3.29. The van der Waals surface area contributed by atoms with Crippen LogP contribution in [0.1, 0.15) is 6.92 Å². The monoisotopic (exact) mass is 183 g/mol. The zero-order valence-corrected chi connectivity index (χ0v) is 9.09. The van der Waals surface area contributed by atoms with Gasteiger partial charge in [-0.3, -0.25) is 0 Å². The third-order valence-electron chi connectivity index (χ3n) is 2.17. The second-order valence-electron chi connectivity index (χ2n) is 3.42. The number of fused-ring (bicyclic) bond motifs is 1. The highest BCUT2D eigenvalue weighted by atomic mass is 14.6. The van der Waals surface area contributed by atoms with E-state index >= 15 is 0 Å². The van der Waals surface area contributed by atoms with E-state index in [0.29, 0.717) is 0 Å². The Balaban J connectivity index is 0.000000171. The number of para-hydroxylation sites is 1. The summed E-state index contributed by atoms with van der Waals surface area (Å²) in [6.45, 7) is 2.21. The number of nitrogens with one attached hydrogen (secondary N) is 1. The molecule has 70 valence electrons. The summed E-state index contributed by atoms with van der Waals surface area (Å²) in [6, 6.07) is 10.3. The van der Waals surface area contributed by atoms with Crippen molar-refractivity contribution in [2.75, 3.05) is 0 Å². The molecule has 0 aliphatic carbocycles. The van der Waals surface area contributed by atoms with E-state index in [2.05, 4.69) is 37.8 Å². The highest BCUT2D eigenvalue weighted by Crippen LogP contribution is 2.09. The van der Waals surface area contributed by atoms with Gasteiger partial charge in [-0.25, -0.2) is 0 Å². The first-order chi connectivity index (χ1) is 6.88. The number of H-pyrrole nitrogens is 1. The van der Waals surface area contributed by atoms with Crippen molar-refractivity contribution in [3.63, 3.8) is 0 Å². The summed E-state index contributed by atoms with van der Waals surface area (Å²) >= 11 is 0. The van der Waals surface area contributed by atoms with Gasteiger partial charge in [0, 0.05) is 11.7 Å². The van der Waals surface area contributed by atoms with Gasteiger partial charge in [-0.1, -0.05) is 31.4 Å². The minimum atomic E-state index is 1.21. The first-order valence-electron chi connectivity index (χ1n) is 5.40. The molecule has 14 heavy (non-hydrogen) atoms. The fourth-order valence-electron chi connectivity index (χ4n) is 1.35. The summed E-state index contributed by atoms with van der Waals surface area (Å²) < 4.78 is 0. The average molecular weight is 183 g/mol. The summed E-state index contributed by atoms with van der Waals surface area (Å²) in [7, 11) is 4.94. The molecule has 0 aliphatic rings. The van der Waals surface area contributed by atoms with E-state index in [9.17, 15) is 0 Å². The molecule has 1 heterocycles. The molecule has 1 aromatic heterocycles. The van der Waals surface area contributed by atoms with Gasteiger partial charge >= 0.3 is 0 Å². The van der Waals surface area contributed by atoms with Crippen LogP contribution in [0.15, 0.2) is 36.5 Å². The topological polar surface area (TPSA) is 15.8 Å². The van der Waals surface area contributed by atoms with Gasteiger partial charge in [0.1, 0.15) is 0 Å². The number of aromatic nitrogens is 1. The Kier molecular flexibility index (Phi) is 5.05. The first kappa shape index (κ1) is 11.0. The third kappa shape index (κ3) is 3.37. The van der Waals surface area contributed by atoms with Crippen LogP contribution < -0.4 is 0 Å². The molecule has 0 fully saturated rings. The number of benzene rings is 1. The van der Waals surface area contributed by atoms with Crippen molar-refractivity contribution in [1.82, 2.24) is 4.98 Å². The van der Waals surface area contributed by atoms with Crippen LogP contribution in [0.3, 0.4) is 0 Å². The van der Waals surface area contributed by atoms with Gasteiger partial charge in [0.15, 0.2) is 0 Å². The van der Waals surface area contributed by atoms with Crippen LogP contribution in [-0.2, 0) is 0 Å². The van der Waals surface area contributed by atoms with Gasteiger partial charge in [0.05, 0.1) is 22.0 Å². The van der Waals surface area contributed by atoms with E-state index in [-0.39, 0.29) is 0 Å². The van der Waals surface area contributed by atoms with Gasteiger partial charge in [-0.05, 0) is 17.5 Å². The van der Waals surface area contributed by atoms with Crippen molar-refractivity contribution < 1.29 is 0 Å². The smallest absolute Gasteiger partial charge is 0.0776 e. The summed E-state index contributed by atoms with van der Waals surface area (Å²) in [5.41, 5.74) is 1.21. The van der Waals surface area contributed by atoms with E-state index in [4.69, 9.17) is 0 Å². The van der Waals surface area contributed by atoms with Crippen molar-refractivity contribution in [2.45, 2.75) is 13.2 Å². The molecule has 0 unspecified atom stereocenters. The number of hydrogen-bond acceptors (Lipinski definition) is 0. The van der Waals surface area contributed by atoms with Crippen molar-refractivity contribution >= 4 is 32.9 Å². The van der Waals surface area contributed by atoms with Crippen LogP contribution in [-0.4, -0.2) is 27.0 Å². The third-order valence-corrected chi connectivity index (χ3v) is 2.17. The van der Waals surface area contributed by atoms with E-state index < -0.39 is 0 Å². The number of hydrogen-bond donors (Lipinski definition) is 1. The molecular formula is C10H16B3N. The van der Waals surface area contributed by atoms with Crippen LogP contribution >= 0.6 is 0 Å². The molecule has 0 aliphatic heterocycles. The lowest BCUT2D eigenvalue weighted by Crippen LogP contribution is -1.98. The maximum absolute atomic E-state index is 3.12. The summed E-state index contributed by atoms with van der Waals surface area (Å²) in [5, 5.41) is 1.28. The molecule has 1 nitrogen and oxygen atoms in total. The minimum Gasteiger partial charge on any atom is -0.361 e. The van der Waals surface area contributed by atoms with Crippen LogP contribution in [0.2, 0.25) is 6.32 Å². The van der Waals surface area contributed by atoms with Crippen molar-refractivity contribution in [3.05, 3.63) is 36.5 Å². The van der Waals surface area contributed by atoms with Crippen LogP contribution in [0.5, 0.6) is 0 Å². The molecule has 2 rings (SSSR count). The SMILES string of the molecule is BBBCC.c1ccc2[nH]ccc2c1. The van der Waals surface area contributed by atoms with E-state index in [1.54, 1.807) is 0 Å². The highest BCUT2D eigenvalue weighted by molar-refractivity contribution is 7.23. The Morgan fingerprint density at radius 1 is 1.29 bits per heavy atom. The van der Waals surface area contributed by atoms with Crippen molar-refractivity contribution in [1.29, 1.82) is 0 Å². The van der Waals surface area contributed by atoms with E-state index in [0.717, 1.165) is 0 Å². The predicted molar refractivity (Wildman–Crippen MR) is 71.6 cm³/mol. The Morgan fingerprint density at radius 2 is 2.07 bits per heavy atom. The largest absolute Gasteiger partial charge is 0.361 e. The standard InChI is InChI=1S/C8H7N.C2H9B3/c1-2-4-8-7(3-1)5-6-9-8;1-2-4-5-3/h1-6,9H;4-5H,2-3H2,1H3. The van der Waals surface area contributed by atoms with Crippen molar-refractivity contribution in [3.8, 4) is 0 Å². The zero-order valence-electron chi connectivity index (χ0n) is 9.09. The second-order valence-corrected chi connectivity index (χ2v) is 3.42. The molecule has 0 bridgehead atoms. The van der Waals surface area contributed by atoms with Gasteiger partial charge in [-0.15, -0.1) is 0 Å². The average Bonchev–Trinajstić information content (AvgIpc) is 2.67. The highest BCUT2D eigenvalue weighted by Gasteiger charge is 1.86. The number of rotatable bonds is 2. The predicted octanol–water partition coefficient (Wildman–Crippen LogP) is 0.929. The Morgan fingerprint density at radius 3 is 2.64 bits per heavy atom. The van der Waals surface area contributed by atoms with Gasteiger partial charge in [0.2, 0.25) is 0 Å². The minimum absolute atomic E-state index is 1.21. The molecule has 0 saturated carbocycles. The molecule has 0 amide bonds. The van der Waals surface area contributed by atoms with Crippen molar-refractivity contribution in [2.24, 2.45) is 0 Å². The molecule has 1 aromatic carbocycles. The Labute approximate surface area is 88.2 Å². The molecule has 2 aromatic rings. The normalized spacial score (nSPS) is 8.93. The number of aromatic amines is 1. The Hall–Kier alpha value is -1.05. The lowest BCUT2D eigenvalue weighted by Gasteiger charge is -1.83. The van der Waals surface area contributed by atoms with Gasteiger partial charge < -0.3 is 4.98 Å². The fraction of sp³-hybridized carbons (Fsp3) is 0.200. The fourth-order valence-corrected chi connectivity index (χ4v) is 1.35. The Bertz CT molecular complexity index is 327. The van der Waals surface area contributed by atoms with Crippen LogP contribution in [0, 0.1) is 0 Å². The molecule has 1 N–H and O–H groups in total. The molecule has 0 spiro atoms. The van der Waals surface area contributed by atoms with Crippen LogP contribution in [0.25, 0.3) is 10.9 Å². The molecule has 4 heteroatoms. The first-order valence-corrected chi connectivity index (χ1v) is 5.40. The lowest BCUT2D eigenvalue weighted by molar-refractivity contribution is 1.47. The van der Waals surface area contributed by atoms with E-state index in [1.807, 2.05) is 18.3 Å². The molecule has 0 saturated heterocycles. The van der Waals surface area contributed by atoms with E-state index in [1.165, 1.54) is 31.5 Å². The lowest BCUT2D eigenvalue weighted by atomic mass is 9.27. The second kappa shape index (κ2) is 6.41. The van der Waals surface area contributed by atoms with Crippen LogP contribution in [0.4, 0.5) is 0 Å². The maximum atomic E-state index is 3.12. The zero-order chi connectivity index (χ0) is 10.2. The molecular weight excluding hydrogens is 167 g/mol.